The second-order valence-corrected chi connectivity index (χ2v) is 6.11. The van der Waals surface area contributed by atoms with Crippen molar-refractivity contribution in [3.8, 4) is 0 Å². The minimum absolute atomic E-state index is 0.499. The van der Waals surface area contributed by atoms with E-state index < -0.39 is 0 Å². The molecule has 0 radical (unpaired) electrons. The number of nitrogens with two attached hydrogens (primary N) is 1. The molecule has 0 aromatic rings. The Kier molecular flexibility index (Phi) is 2.85. The van der Waals surface area contributed by atoms with Gasteiger partial charge in [0, 0.05) is 25.7 Å². The topological polar surface area (TPSA) is 29.3 Å². The van der Waals surface area contributed by atoms with Crippen LogP contribution in [0, 0.1) is 11.3 Å². The predicted molar refractivity (Wildman–Crippen MR) is 60.2 cm³/mol. The first-order chi connectivity index (χ1) is 6.55. The lowest BCUT2D eigenvalue weighted by atomic mass is 9.81. The lowest BCUT2D eigenvalue weighted by Crippen LogP contribution is -2.54. The molecule has 0 bridgehead atoms. The van der Waals surface area contributed by atoms with E-state index in [1.54, 1.807) is 0 Å². The van der Waals surface area contributed by atoms with Gasteiger partial charge in [-0.2, -0.15) is 0 Å². The van der Waals surface area contributed by atoms with Gasteiger partial charge in [0.05, 0.1) is 0 Å². The molecule has 1 saturated carbocycles. The minimum Gasteiger partial charge on any atom is -0.328 e. The van der Waals surface area contributed by atoms with E-state index in [-0.39, 0.29) is 0 Å². The van der Waals surface area contributed by atoms with Crippen molar-refractivity contribution >= 4 is 0 Å². The average Bonchev–Trinajstić information content (AvgIpc) is 2.06. The van der Waals surface area contributed by atoms with Crippen molar-refractivity contribution in [3.05, 3.63) is 0 Å². The van der Waals surface area contributed by atoms with E-state index in [0.717, 1.165) is 5.92 Å². The predicted octanol–water partition coefficient (Wildman–Crippen LogP) is 1.85. The molecule has 1 aliphatic carbocycles. The van der Waals surface area contributed by atoms with E-state index >= 15 is 0 Å². The van der Waals surface area contributed by atoms with E-state index in [4.69, 9.17) is 5.73 Å². The minimum atomic E-state index is 0.499. The highest BCUT2D eigenvalue weighted by atomic mass is 15.2. The maximum Gasteiger partial charge on any atom is 0.00453 e. The van der Waals surface area contributed by atoms with Crippen molar-refractivity contribution in [1.29, 1.82) is 0 Å². The van der Waals surface area contributed by atoms with Gasteiger partial charge in [0.1, 0.15) is 0 Å². The molecule has 1 saturated heterocycles. The highest BCUT2D eigenvalue weighted by molar-refractivity contribution is 4.89. The van der Waals surface area contributed by atoms with E-state index in [9.17, 15) is 0 Å². The second kappa shape index (κ2) is 3.82. The summed E-state index contributed by atoms with van der Waals surface area (Å²) in [7, 11) is 0. The van der Waals surface area contributed by atoms with Crippen LogP contribution in [0.15, 0.2) is 0 Å². The van der Waals surface area contributed by atoms with Crippen LogP contribution in [0.2, 0.25) is 0 Å². The fraction of sp³-hybridized carbons (Fsp3) is 1.00. The third-order valence-electron chi connectivity index (χ3n) is 3.71. The summed E-state index contributed by atoms with van der Waals surface area (Å²) in [6.07, 6.45) is 5.22. The molecule has 1 heterocycles. The van der Waals surface area contributed by atoms with Crippen LogP contribution in [0.25, 0.3) is 0 Å². The molecule has 0 unspecified atom stereocenters. The van der Waals surface area contributed by atoms with E-state index in [1.165, 1.54) is 45.3 Å². The largest absolute Gasteiger partial charge is 0.328 e. The Labute approximate surface area is 87.8 Å². The van der Waals surface area contributed by atoms with Gasteiger partial charge in [0.25, 0.3) is 0 Å². The van der Waals surface area contributed by atoms with Gasteiger partial charge in [-0.25, -0.2) is 0 Å². The fourth-order valence-electron chi connectivity index (χ4n) is 3.03. The first-order valence-electron chi connectivity index (χ1n) is 6.03. The molecule has 2 rings (SSSR count). The van der Waals surface area contributed by atoms with Crippen LogP contribution in [-0.4, -0.2) is 30.6 Å². The molecule has 0 atom stereocenters. The molecule has 0 aromatic heterocycles. The maximum atomic E-state index is 5.90. The van der Waals surface area contributed by atoms with Crippen molar-refractivity contribution in [2.75, 3.05) is 19.6 Å². The standard InChI is InChI=1S/C12H24N2/c1-12(2)8-14(9-12)7-10-3-5-11(13)6-4-10/h10-11H,3-9,13H2,1-2H3. The Hall–Kier alpha value is -0.0800. The van der Waals surface area contributed by atoms with Crippen LogP contribution >= 0.6 is 0 Å². The molecule has 2 N–H and O–H groups in total. The van der Waals surface area contributed by atoms with E-state index in [2.05, 4.69) is 18.7 Å². The Bertz CT molecular complexity index is 184. The summed E-state index contributed by atoms with van der Waals surface area (Å²) >= 11 is 0. The van der Waals surface area contributed by atoms with Crippen LogP contribution in [0.3, 0.4) is 0 Å². The highest BCUT2D eigenvalue weighted by Gasteiger charge is 2.35. The van der Waals surface area contributed by atoms with Gasteiger partial charge in [0.2, 0.25) is 0 Å². The van der Waals surface area contributed by atoms with Gasteiger partial charge in [-0.15, -0.1) is 0 Å². The molecule has 2 heteroatoms. The van der Waals surface area contributed by atoms with Gasteiger partial charge in [0.15, 0.2) is 0 Å². The number of nitrogens with zero attached hydrogens (tertiary/aromatic N) is 1. The monoisotopic (exact) mass is 196 g/mol. The van der Waals surface area contributed by atoms with Crippen molar-refractivity contribution in [3.63, 3.8) is 0 Å². The van der Waals surface area contributed by atoms with Crippen LogP contribution < -0.4 is 5.73 Å². The van der Waals surface area contributed by atoms with Gasteiger partial charge < -0.3 is 10.6 Å². The average molecular weight is 196 g/mol. The summed E-state index contributed by atoms with van der Waals surface area (Å²) < 4.78 is 0. The summed E-state index contributed by atoms with van der Waals surface area (Å²) in [5.41, 5.74) is 6.49. The molecule has 0 amide bonds. The lowest BCUT2D eigenvalue weighted by molar-refractivity contribution is 0.0129. The van der Waals surface area contributed by atoms with Gasteiger partial charge in [-0.1, -0.05) is 13.8 Å². The van der Waals surface area contributed by atoms with Crippen molar-refractivity contribution in [1.82, 2.24) is 4.90 Å². The zero-order valence-corrected chi connectivity index (χ0v) is 9.63. The number of likely N-dealkylation sites (tertiary alicyclic amines) is 1. The Morgan fingerprint density at radius 3 is 2.21 bits per heavy atom. The molecule has 2 aliphatic rings. The van der Waals surface area contributed by atoms with Gasteiger partial charge in [-0.05, 0) is 37.0 Å². The molecule has 0 aromatic carbocycles. The highest BCUT2D eigenvalue weighted by Crippen LogP contribution is 2.32. The molecule has 2 nitrogen and oxygen atoms in total. The van der Waals surface area contributed by atoms with Gasteiger partial charge in [-0.3, -0.25) is 0 Å². The van der Waals surface area contributed by atoms with Crippen molar-refractivity contribution < 1.29 is 0 Å². The Morgan fingerprint density at radius 2 is 1.71 bits per heavy atom. The summed E-state index contributed by atoms with van der Waals surface area (Å²) in [5.74, 6) is 0.936. The van der Waals surface area contributed by atoms with Crippen LogP contribution in [0.4, 0.5) is 0 Å². The summed E-state index contributed by atoms with van der Waals surface area (Å²) in [4.78, 5) is 2.61. The number of rotatable bonds is 2. The lowest BCUT2D eigenvalue weighted by Gasteiger charge is -2.47. The second-order valence-electron chi connectivity index (χ2n) is 6.11. The number of hydrogen-bond donors (Lipinski definition) is 1. The Morgan fingerprint density at radius 1 is 1.14 bits per heavy atom. The normalized spacial score (nSPS) is 37.9. The zero-order valence-electron chi connectivity index (χ0n) is 9.63. The zero-order chi connectivity index (χ0) is 10.2. The number of hydrogen-bond acceptors (Lipinski definition) is 2. The quantitative estimate of drug-likeness (QED) is 0.730. The van der Waals surface area contributed by atoms with Crippen LogP contribution in [-0.2, 0) is 0 Å². The summed E-state index contributed by atoms with van der Waals surface area (Å²) in [5, 5.41) is 0. The molecule has 0 spiro atoms. The smallest absolute Gasteiger partial charge is 0.00453 e. The van der Waals surface area contributed by atoms with Gasteiger partial charge >= 0.3 is 0 Å². The molecule has 2 fully saturated rings. The van der Waals surface area contributed by atoms with E-state index in [1.807, 2.05) is 0 Å². The molecule has 14 heavy (non-hydrogen) atoms. The first kappa shape index (κ1) is 10.4. The van der Waals surface area contributed by atoms with Crippen LogP contribution in [0.1, 0.15) is 39.5 Å². The molecular weight excluding hydrogens is 172 g/mol. The van der Waals surface area contributed by atoms with Crippen LogP contribution in [0.5, 0.6) is 0 Å². The molecule has 1 aliphatic heterocycles. The Balaban J connectivity index is 1.67. The molecule has 82 valence electrons. The first-order valence-corrected chi connectivity index (χ1v) is 6.03. The van der Waals surface area contributed by atoms with Crippen molar-refractivity contribution in [2.45, 2.75) is 45.6 Å². The third kappa shape index (κ3) is 2.48. The molecular formula is C12H24N2. The summed E-state index contributed by atoms with van der Waals surface area (Å²) in [6.45, 7) is 8.65. The third-order valence-corrected chi connectivity index (χ3v) is 3.71. The maximum absolute atomic E-state index is 5.90. The van der Waals surface area contributed by atoms with Crippen molar-refractivity contribution in [2.24, 2.45) is 17.1 Å². The summed E-state index contributed by atoms with van der Waals surface area (Å²) in [6, 6.07) is 0.499. The fourth-order valence-corrected chi connectivity index (χ4v) is 3.03. The SMILES string of the molecule is CC1(C)CN(CC2CCC(N)CC2)C1. The van der Waals surface area contributed by atoms with E-state index in [0.29, 0.717) is 11.5 Å².